The van der Waals surface area contributed by atoms with Gasteiger partial charge in [-0.1, -0.05) is 68.5 Å². The summed E-state index contributed by atoms with van der Waals surface area (Å²) in [6.07, 6.45) is 14.0. The molecule has 2 aliphatic rings. The van der Waals surface area contributed by atoms with Crippen molar-refractivity contribution in [2.24, 2.45) is 0 Å². The second-order valence-electron chi connectivity index (χ2n) is 12.2. The summed E-state index contributed by atoms with van der Waals surface area (Å²) in [5.74, 6) is 0.109. The zero-order valence-electron chi connectivity index (χ0n) is 29.8. The minimum atomic E-state index is 0.109. The van der Waals surface area contributed by atoms with Crippen LogP contribution in [0.2, 0.25) is 0 Å². The first-order valence-corrected chi connectivity index (χ1v) is 17.2. The number of carbonyl (C=O) groups excluding carboxylic acids is 1. The maximum atomic E-state index is 12.8. The Hall–Kier alpha value is -3.85. The number of pyridine rings is 1. The topological polar surface area (TPSA) is 69.5 Å². The van der Waals surface area contributed by atoms with Crippen LogP contribution in [0.1, 0.15) is 46.5 Å². The second kappa shape index (κ2) is 19.7. The van der Waals surface area contributed by atoms with Crippen LogP contribution >= 0.6 is 0 Å². The Morgan fingerprint density at radius 1 is 0.894 bits per heavy atom. The normalized spacial score (nSPS) is 15.7. The van der Waals surface area contributed by atoms with Crippen molar-refractivity contribution in [3.05, 3.63) is 86.0 Å². The second-order valence-corrected chi connectivity index (χ2v) is 12.2. The summed E-state index contributed by atoms with van der Waals surface area (Å²) in [6, 6.07) is 17.8. The smallest absolute Gasteiger partial charge is 0.244 e. The van der Waals surface area contributed by atoms with E-state index in [1.165, 1.54) is 31.3 Å². The number of nitrogens with zero attached hydrogens (tertiary/aromatic N) is 6. The number of hydrogen-bond acceptors (Lipinski definition) is 6. The standard InChI is InChI=1S/C27H29N5O.C7H16N2.C3H6.C2H6/c1-30-13-11-24(12-14-30)31(2)27(33)19-32-18-23(16-29-32)20-7-9-21(10-8-20)26-17-28-15-22-5-3-4-6-25(22)26;1-8-7-3-5-9(2)6-4-7;1-3-2;1-2/h3-10,15-18,24H,11-14,19H2,1-2H3;7-8H,3-6H2,1-2H3;3H,1H2,2H3;1-2H3. The minimum Gasteiger partial charge on any atom is -0.341 e. The van der Waals surface area contributed by atoms with Crippen molar-refractivity contribution in [1.82, 2.24) is 34.8 Å². The molecule has 0 unspecified atom stereocenters. The molecule has 6 rings (SSSR count). The molecule has 2 saturated heterocycles. The van der Waals surface area contributed by atoms with Gasteiger partial charge in [0.15, 0.2) is 0 Å². The highest BCUT2D eigenvalue weighted by molar-refractivity contribution is 5.95. The fraction of sp³-hybridized carbons (Fsp3) is 0.462. The average molecular weight is 640 g/mol. The van der Waals surface area contributed by atoms with Crippen LogP contribution in [0.5, 0.6) is 0 Å². The van der Waals surface area contributed by atoms with E-state index in [-0.39, 0.29) is 12.5 Å². The third-order valence-electron chi connectivity index (χ3n) is 8.88. The van der Waals surface area contributed by atoms with Crippen molar-refractivity contribution in [3.63, 3.8) is 0 Å². The number of likely N-dealkylation sites (N-methyl/N-ethyl adjacent to an activating group) is 1. The third kappa shape index (κ3) is 11.1. The summed E-state index contributed by atoms with van der Waals surface area (Å²) in [7, 11) is 8.29. The summed E-state index contributed by atoms with van der Waals surface area (Å²) in [4.78, 5) is 23.8. The lowest BCUT2D eigenvalue weighted by Gasteiger charge is -2.35. The van der Waals surface area contributed by atoms with Gasteiger partial charge < -0.3 is 20.0 Å². The van der Waals surface area contributed by atoms with Gasteiger partial charge >= 0.3 is 0 Å². The van der Waals surface area contributed by atoms with Crippen LogP contribution in [0.4, 0.5) is 0 Å². The molecule has 254 valence electrons. The highest BCUT2D eigenvalue weighted by Crippen LogP contribution is 2.29. The van der Waals surface area contributed by atoms with Gasteiger partial charge in [-0.3, -0.25) is 14.5 Å². The van der Waals surface area contributed by atoms with Crippen LogP contribution in [-0.2, 0) is 11.3 Å². The van der Waals surface area contributed by atoms with Crippen molar-refractivity contribution in [3.8, 4) is 22.3 Å². The Kier molecular flexibility index (Phi) is 15.8. The van der Waals surface area contributed by atoms with E-state index in [0.717, 1.165) is 59.6 Å². The summed E-state index contributed by atoms with van der Waals surface area (Å²) in [6.45, 7) is 14.1. The number of piperidine rings is 2. The first kappa shape index (κ1) is 37.6. The van der Waals surface area contributed by atoms with Crippen molar-refractivity contribution in [2.45, 2.75) is 65.1 Å². The third-order valence-corrected chi connectivity index (χ3v) is 8.88. The van der Waals surface area contributed by atoms with E-state index in [4.69, 9.17) is 0 Å². The quantitative estimate of drug-likeness (QED) is 0.233. The molecule has 4 aromatic rings. The molecule has 4 heterocycles. The molecule has 47 heavy (non-hydrogen) atoms. The maximum absolute atomic E-state index is 12.8. The van der Waals surface area contributed by atoms with Gasteiger partial charge in [0, 0.05) is 54.2 Å². The first-order valence-electron chi connectivity index (χ1n) is 17.2. The highest BCUT2D eigenvalue weighted by Gasteiger charge is 2.24. The molecule has 0 spiro atoms. The Bertz CT molecular complexity index is 1480. The number of aromatic nitrogens is 3. The Balaban J connectivity index is 0.000000361. The van der Waals surface area contributed by atoms with E-state index < -0.39 is 0 Å². The number of nitrogens with one attached hydrogen (secondary N) is 1. The fourth-order valence-electron chi connectivity index (χ4n) is 5.92. The molecule has 2 aliphatic heterocycles. The molecular weight excluding hydrogens is 582 g/mol. The van der Waals surface area contributed by atoms with Crippen molar-refractivity contribution < 1.29 is 4.79 Å². The van der Waals surface area contributed by atoms with Gasteiger partial charge in [-0.15, -0.1) is 6.58 Å². The molecule has 0 radical (unpaired) electrons. The van der Waals surface area contributed by atoms with E-state index in [0.29, 0.717) is 6.04 Å². The van der Waals surface area contributed by atoms with Crippen molar-refractivity contribution in [1.29, 1.82) is 0 Å². The van der Waals surface area contributed by atoms with Crippen molar-refractivity contribution >= 4 is 16.7 Å². The van der Waals surface area contributed by atoms with Crippen LogP contribution < -0.4 is 5.32 Å². The number of benzene rings is 2. The minimum absolute atomic E-state index is 0.109. The van der Waals surface area contributed by atoms with Gasteiger partial charge in [0.2, 0.25) is 5.91 Å². The van der Waals surface area contributed by atoms with Crippen molar-refractivity contribution in [2.75, 3.05) is 54.4 Å². The Morgan fingerprint density at radius 3 is 2.09 bits per heavy atom. The average Bonchev–Trinajstić information content (AvgIpc) is 3.58. The van der Waals surface area contributed by atoms with Gasteiger partial charge in [0.1, 0.15) is 6.54 Å². The maximum Gasteiger partial charge on any atom is 0.244 e. The lowest BCUT2D eigenvalue weighted by molar-refractivity contribution is -0.133. The molecule has 8 nitrogen and oxygen atoms in total. The molecule has 0 aliphatic carbocycles. The SMILES string of the molecule is C=CC.CC.CN1CCC(N(C)C(=O)Cn2cc(-c3ccc(-c4cncc5ccccc45)cc3)cn2)CC1.CNC1CCN(C)CC1. The predicted octanol–water partition coefficient (Wildman–Crippen LogP) is 6.84. The number of hydrogen-bond donors (Lipinski definition) is 1. The van der Waals surface area contributed by atoms with E-state index in [1.807, 2.05) is 63.6 Å². The molecule has 2 fully saturated rings. The number of carbonyl (C=O) groups is 1. The number of allylic oxidation sites excluding steroid dienone is 1. The van der Waals surface area contributed by atoms with Crippen LogP contribution in [0.3, 0.4) is 0 Å². The molecule has 0 saturated carbocycles. The summed E-state index contributed by atoms with van der Waals surface area (Å²) >= 11 is 0. The van der Waals surface area contributed by atoms with Crippen LogP contribution in [0.15, 0.2) is 86.0 Å². The van der Waals surface area contributed by atoms with Gasteiger partial charge in [0.25, 0.3) is 0 Å². The van der Waals surface area contributed by atoms with E-state index in [2.05, 4.69) is 95.4 Å². The summed E-state index contributed by atoms with van der Waals surface area (Å²) in [5.41, 5.74) is 4.34. The van der Waals surface area contributed by atoms with Gasteiger partial charge in [0.05, 0.1) is 6.20 Å². The van der Waals surface area contributed by atoms with E-state index in [9.17, 15) is 4.79 Å². The lowest BCUT2D eigenvalue weighted by Crippen LogP contribution is -2.45. The molecule has 0 bridgehead atoms. The molecule has 2 aromatic carbocycles. The largest absolute Gasteiger partial charge is 0.341 e. The van der Waals surface area contributed by atoms with E-state index >= 15 is 0 Å². The number of likely N-dealkylation sites (tertiary alicyclic amines) is 2. The van der Waals surface area contributed by atoms with Crippen LogP contribution in [0.25, 0.3) is 33.0 Å². The van der Waals surface area contributed by atoms with E-state index in [1.54, 1.807) is 10.8 Å². The monoisotopic (exact) mass is 639 g/mol. The Morgan fingerprint density at radius 2 is 1.47 bits per heavy atom. The van der Waals surface area contributed by atoms with Crippen LogP contribution in [0, 0.1) is 0 Å². The molecular formula is C39H57N7O. The number of fused-ring (bicyclic) bond motifs is 1. The lowest BCUT2D eigenvalue weighted by atomic mass is 9.99. The fourth-order valence-corrected chi connectivity index (χ4v) is 5.92. The predicted molar refractivity (Wildman–Crippen MR) is 198 cm³/mol. The number of rotatable bonds is 6. The van der Waals surface area contributed by atoms with Gasteiger partial charge in [-0.25, -0.2) is 0 Å². The van der Waals surface area contributed by atoms with Crippen LogP contribution in [-0.4, -0.2) is 102 Å². The van der Waals surface area contributed by atoms with Gasteiger partial charge in [-0.05, 0) is 96.4 Å². The summed E-state index contributed by atoms with van der Waals surface area (Å²) in [5, 5.41) is 10.1. The zero-order valence-corrected chi connectivity index (χ0v) is 29.8. The summed E-state index contributed by atoms with van der Waals surface area (Å²) < 4.78 is 1.74. The highest BCUT2D eigenvalue weighted by atomic mass is 16.2. The molecule has 1 N–H and O–H groups in total. The van der Waals surface area contributed by atoms with Gasteiger partial charge in [-0.2, -0.15) is 5.10 Å². The number of amides is 1. The molecule has 8 heteroatoms. The Labute approximate surface area is 283 Å². The molecule has 2 aromatic heterocycles. The molecule has 1 amide bonds. The first-order chi connectivity index (χ1) is 22.8. The zero-order chi connectivity index (χ0) is 34.2. The molecule has 0 atom stereocenters.